The van der Waals surface area contributed by atoms with E-state index in [1.165, 1.54) is 16.8 Å². The monoisotopic (exact) mass is 377 g/mol. The van der Waals surface area contributed by atoms with E-state index < -0.39 is 0 Å². The number of hydrogen-bond acceptors (Lipinski definition) is 3. The molecular formula is C23H27N3O2. The van der Waals surface area contributed by atoms with Gasteiger partial charge in [0.1, 0.15) is 0 Å². The minimum Gasteiger partial charge on any atom is -0.371 e. The quantitative estimate of drug-likeness (QED) is 0.755. The molecule has 5 heteroatoms. The van der Waals surface area contributed by atoms with Gasteiger partial charge in [-0.25, -0.2) is 0 Å². The first-order chi connectivity index (χ1) is 13.7. The summed E-state index contributed by atoms with van der Waals surface area (Å²) in [6.07, 6.45) is 2.49. The Balaban J connectivity index is 1.19. The summed E-state index contributed by atoms with van der Waals surface area (Å²) in [5, 5.41) is 2.97. The highest BCUT2D eigenvalue weighted by atomic mass is 16.2. The number of hydrogen-bond donors (Lipinski definition) is 1. The Hall–Kier alpha value is -2.82. The lowest BCUT2D eigenvalue weighted by atomic mass is 9.99. The van der Waals surface area contributed by atoms with Gasteiger partial charge in [-0.2, -0.15) is 0 Å². The van der Waals surface area contributed by atoms with Crippen molar-refractivity contribution in [2.75, 3.05) is 37.6 Å². The topological polar surface area (TPSA) is 52.7 Å². The number of likely N-dealkylation sites (tertiary alicyclic amines) is 1. The number of rotatable bonds is 7. The summed E-state index contributed by atoms with van der Waals surface area (Å²) >= 11 is 0. The normalized spacial score (nSPS) is 18.4. The number of anilines is 1. The zero-order chi connectivity index (χ0) is 19.3. The molecule has 2 heterocycles. The highest BCUT2D eigenvalue weighted by molar-refractivity contribution is 5.86. The third-order valence-electron chi connectivity index (χ3n) is 5.73. The highest BCUT2D eigenvalue weighted by Gasteiger charge is 2.31. The van der Waals surface area contributed by atoms with Crippen molar-refractivity contribution in [2.24, 2.45) is 0 Å². The van der Waals surface area contributed by atoms with Gasteiger partial charge in [-0.3, -0.25) is 9.59 Å². The van der Waals surface area contributed by atoms with Crippen molar-refractivity contribution in [1.82, 2.24) is 10.2 Å². The van der Waals surface area contributed by atoms with E-state index in [-0.39, 0.29) is 24.3 Å². The Labute approximate surface area is 166 Å². The minimum absolute atomic E-state index is 0.0658. The van der Waals surface area contributed by atoms with Crippen molar-refractivity contribution < 1.29 is 9.59 Å². The Morgan fingerprint density at radius 1 is 1.04 bits per heavy atom. The van der Waals surface area contributed by atoms with E-state index >= 15 is 0 Å². The van der Waals surface area contributed by atoms with Crippen LogP contribution in [0.4, 0.5) is 5.69 Å². The third kappa shape index (κ3) is 4.19. The van der Waals surface area contributed by atoms with Crippen LogP contribution in [0.2, 0.25) is 0 Å². The molecule has 0 spiro atoms. The Morgan fingerprint density at radius 3 is 2.68 bits per heavy atom. The lowest BCUT2D eigenvalue weighted by Crippen LogP contribution is -2.39. The summed E-state index contributed by atoms with van der Waals surface area (Å²) in [5.41, 5.74) is 3.90. The van der Waals surface area contributed by atoms with E-state index in [1.54, 1.807) is 4.90 Å². The molecule has 0 bridgehead atoms. The first-order valence-corrected chi connectivity index (χ1v) is 10.1. The zero-order valence-corrected chi connectivity index (χ0v) is 16.1. The lowest BCUT2D eigenvalue weighted by molar-refractivity contribution is -0.133. The van der Waals surface area contributed by atoms with Gasteiger partial charge in [0.15, 0.2) is 0 Å². The second-order valence-electron chi connectivity index (χ2n) is 7.66. The lowest BCUT2D eigenvalue weighted by Gasteiger charge is -2.20. The SMILES string of the molecule is O=C(CN1CC(c2ccccc2)CC1=O)NCCCN1CCc2ccccc21. The van der Waals surface area contributed by atoms with E-state index in [1.807, 2.05) is 18.2 Å². The second kappa shape index (κ2) is 8.46. The van der Waals surface area contributed by atoms with Gasteiger partial charge in [0, 0.05) is 44.2 Å². The average Bonchev–Trinajstić information content (AvgIpc) is 3.30. The maximum absolute atomic E-state index is 12.3. The van der Waals surface area contributed by atoms with Crippen molar-refractivity contribution in [3.05, 3.63) is 65.7 Å². The first-order valence-electron chi connectivity index (χ1n) is 10.1. The molecule has 2 aromatic rings. The van der Waals surface area contributed by atoms with Crippen LogP contribution in [0.1, 0.15) is 29.9 Å². The molecule has 4 rings (SSSR count). The van der Waals surface area contributed by atoms with Gasteiger partial charge in [-0.1, -0.05) is 48.5 Å². The van der Waals surface area contributed by atoms with Crippen LogP contribution in [0, 0.1) is 0 Å². The molecule has 0 saturated carbocycles. The number of fused-ring (bicyclic) bond motifs is 1. The minimum atomic E-state index is -0.0658. The number of para-hydroxylation sites is 1. The van der Waals surface area contributed by atoms with Gasteiger partial charge < -0.3 is 15.1 Å². The van der Waals surface area contributed by atoms with Crippen LogP contribution in [0.3, 0.4) is 0 Å². The molecule has 2 aliphatic rings. The van der Waals surface area contributed by atoms with Crippen molar-refractivity contribution in [3.63, 3.8) is 0 Å². The standard InChI is InChI=1S/C23H27N3O2/c27-22(17-26-16-20(15-23(26)28)18-7-2-1-3-8-18)24-12-6-13-25-14-11-19-9-4-5-10-21(19)25/h1-5,7-10,20H,6,11-17H2,(H,24,27). The van der Waals surface area contributed by atoms with E-state index in [0.29, 0.717) is 19.5 Å². The number of nitrogens with zero attached hydrogens (tertiary/aromatic N) is 2. The summed E-state index contributed by atoms with van der Waals surface area (Å²) in [6, 6.07) is 18.6. The van der Waals surface area contributed by atoms with Crippen LogP contribution >= 0.6 is 0 Å². The molecule has 1 saturated heterocycles. The van der Waals surface area contributed by atoms with E-state index in [2.05, 4.69) is 46.6 Å². The Kier molecular flexibility index (Phi) is 5.60. The fourth-order valence-corrected chi connectivity index (χ4v) is 4.24. The Bertz CT molecular complexity index is 837. The number of nitrogens with one attached hydrogen (secondary N) is 1. The molecule has 2 aliphatic heterocycles. The number of carbonyl (C=O) groups excluding carboxylic acids is 2. The van der Waals surface area contributed by atoms with Crippen LogP contribution in [0.15, 0.2) is 54.6 Å². The summed E-state index contributed by atoms with van der Waals surface area (Å²) in [4.78, 5) is 28.6. The van der Waals surface area contributed by atoms with Gasteiger partial charge >= 0.3 is 0 Å². The molecule has 1 fully saturated rings. The molecule has 0 aliphatic carbocycles. The van der Waals surface area contributed by atoms with Gasteiger partial charge in [-0.15, -0.1) is 0 Å². The molecule has 2 amide bonds. The zero-order valence-electron chi connectivity index (χ0n) is 16.1. The summed E-state index contributed by atoms with van der Waals surface area (Å²) in [5.74, 6) is 0.193. The number of benzene rings is 2. The largest absolute Gasteiger partial charge is 0.371 e. The first kappa shape index (κ1) is 18.5. The maximum Gasteiger partial charge on any atom is 0.239 e. The van der Waals surface area contributed by atoms with Crippen molar-refractivity contribution in [3.8, 4) is 0 Å². The fourth-order valence-electron chi connectivity index (χ4n) is 4.24. The molecule has 28 heavy (non-hydrogen) atoms. The molecular weight excluding hydrogens is 350 g/mol. The van der Waals surface area contributed by atoms with Gasteiger partial charge in [0.2, 0.25) is 11.8 Å². The molecule has 2 aromatic carbocycles. The predicted octanol–water partition coefficient (Wildman–Crippen LogP) is 2.57. The Morgan fingerprint density at radius 2 is 1.82 bits per heavy atom. The summed E-state index contributed by atoms with van der Waals surface area (Å²) in [7, 11) is 0. The van der Waals surface area contributed by atoms with Crippen LogP contribution in [0.25, 0.3) is 0 Å². The van der Waals surface area contributed by atoms with Crippen LogP contribution in [-0.4, -0.2) is 49.4 Å². The van der Waals surface area contributed by atoms with Crippen LogP contribution < -0.4 is 10.2 Å². The molecule has 5 nitrogen and oxygen atoms in total. The highest BCUT2D eigenvalue weighted by Crippen LogP contribution is 2.28. The van der Waals surface area contributed by atoms with Crippen LogP contribution in [0.5, 0.6) is 0 Å². The smallest absolute Gasteiger partial charge is 0.239 e. The number of carbonyl (C=O) groups is 2. The average molecular weight is 377 g/mol. The maximum atomic E-state index is 12.3. The molecule has 1 N–H and O–H groups in total. The van der Waals surface area contributed by atoms with Crippen molar-refractivity contribution in [2.45, 2.75) is 25.2 Å². The third-order valence-corrected chi connectivity index (χ3v) is 5.73. The van der Waals surface area contributed by atoms with Gasteiger partial charge in [-0.05, 0) is 30.0 Å². The molecule has 1 atom stereocenters. The molecule has 146 valence electrons. The predicted molar refractivity (Wildman–Crippen MR) is 110 cm³/mol. The van der Waals surface area contributed by atoms with Crippen molar-refractivity contribution >= 4 is 17.5 Å². The van der Waals surface area contributed by atoms with Crippen LogP contribution in [-0.2, 0) is 16.0 Å². The van der Waals surface area contributed by atoms with Crippen molar-refractivity contribution in [1.29, 1.82) is 0 Å². The summed E-state index contributed by atoms with van der Waals surface area (Å²) in [6.45, 7) is 3.42. The second-order valence-corrected chi connectivity index (χ2v) is 7.66. The van der Waals surface area contributed by atoms with E-state index in [9.17, 15) is 9.59 Å². The fraction of sp³-hybridized carbons (Fsp3) is 0.391. The number of amides is 2. The summed E-state index contributed by atoms with van der Waals surface area (Å²) < 4.78 is 0. The van der Waals surface area contributed by atoms with E-state index in [0.717, 1.165) is 25.9 Å². The molecule has 0 radical (unpaired) electrons. The molecule has 0 aromatic heterocycles. The van der Waals surface area contributed by atoms with Gasteiger partial charge in [0.05, 0.1) is 6.54 Å². The molecule has 1 unspecified atom stereocenters. The van der Waals surface area contributed by atoms with E-state index in [4.69, 9.17) is 0 Å². The van der Waals surface area contributed by atoms with Gasteiger partial charge in [0.25, 0.3) is 0 Å².